The van der Waals surface area contributed by atoms with Crippen LogP contribution in [0.15, 0.2) is 48.0 Å². The van der Waals surface area contributed by atoms with E-state index in [2.05, 4.69) is 21.9 Å². The van der Waals surface area contributed by atoms with E-state index >= 15 is 0 Å². The van der Waals surface area contributed by atoms with Crippen molar-refractivity contribution < 1.29 is 9.53 Å². The van der Waals surface area contributed by atoms with E-state index in [4.69, 9.17) is 4.74 Å². The molecule has 1 aliphatic heterocycles. The lowest BCUT2D eigenvalue weighted by Gasteiger charge is -2.25. The highest BCUT2D eigenvalue weighted by Crippen LogP contribution is 2.22. The Balaban J connectivity index is 0.000000237. The second kappa shape index (κ2) is 10.9. The summed E-state index contributed by atoms with van der Waals surface area (Å²) in [5, 5.41) is 3.02. The molecule has 3 heterocycles. The monoisotopic (exact) mass is 384 g/mol. The normalized spacial score (nSPS) is 13.1. The van der Waals surface area contributed by atoms with Crippen LogP contribution in [0.2, 0.25) is 0 Å². The van der Waals surface area contributed by atoms with Gasteiger partial charge in [-0.3, -0.25) is 9.59 Å². The topological polar surface area (TPSA) is 87.3 Å². The highest BCUT2D eigenvalue weighted by molar-refractivity contribution is 5.87. The van der Waals surface area contributed by atoms with Gasteiger partial charge in [0, 0.05) is 43.7 Å². The van der Waals surface area contributed by atoms with E-state index in [1.165, 1.54) is 12.5 Å². The Morgan fingerprint density at radius 1 is 1.32 bits per heavy atom. The number of amides is 1. The molecule has 28 heavy (non-hydrogen) atoms. The largest absolute Gasteiger partial charge is 0.481 e. The summed E-state index contributed by atoms with van der Waals surface area (Å²) in [6.07, 6.45) is 8.32. The van der Waals surface area contributed by atoms with Gasteiger partial charge in [0.15, 0.2) is 0 Å². The molecule has 1 aliphatic rings. The summed E-state index contributed by atoms with van der Waals surface area (Å²) in [5.74, 6) is 0.628. The Morgan fingerprint density at radius 3 is 2.71 bits per heavy atom. The molecule has 1 fully saturated rings. The Kier molecular flexibility index (Phi) is 8.27. The Labute approximate surface area is 165 Å². The third-order valence-electron chi connectivity index (χ3n) is 4.39. The van der Waals surface area contributed by atoms with Crippen LogP contribution in [0.5, 0.6) is 5.88 Å². The molecule has 0 atom stereocenters. The van der Waals surface area contributed by atoms with Gasteiger partial charge in [-0.25, -0.2) is 4.98 Å². The zero-order valence-electron chi connectivity index (χ0n) is 16.5. The number of aromatic nitrogens is 2. The first-order valence-electron chi connectivity index (χ1n) is 9.47. The van der Waals surface area contributed by atoms with Crippen molar-refractivity contribution in [2.75, 3.05) is 32.1 Å². The standard InChI is InChI=1S/C13H15N3O2.C8H13NO/c1-3-14-11-6-10(8-16-13(11)17)9-4-5-15-12(7-9)18-2;1-2-8(10)9-6-4-3-5-7-9/h4-8,14H,3H2,1-2H3,(H,16,17);2H,1,3-7H2. The zero-order valence-corrected chi connectivity index (χ0v) is 16.5. The lowest BCUT2D eigenvalue weighted by Crippen LogP contribution is -2.34. The number of likely N-dealkylation sites (tertiary alicyclic amines) is 1. The summed E-state index contributed by atoms with van der Waals surface area (Å²) >= 11 is 0. The number of carbonyl (C=O) groups excluding carboxylic acids is 1. The number of aromatic amines is 1. The van der Waals surface area contributed by atoms with Crippen LogP contribution in [0, 0.1) is 0 Å². The Morgan fingerprint density at radius 2 is 2.07 bits per heavy atom. The molecule has 0 spiro atoms. The van der Waals surface area contributed by atoms with Crippen molar-refractivity contribution in [3.63, 3.8) is 0 Å². The number of nitrogens with zero attached hydrogens (tertiary/aromatic N) is 2. The number of pyridine rings is 2. The maximum absolute atomic E-state index is 11.6. The van der Waals surface area contributed by atoms with E-state index < -0.39 is 0 Å². The van der Waals surface area contributed by atoms with Crippen LogP contribution < -0.4 is 15.6 Å². The van der Waals surface area contributed by atoms with E-state index in [0.717, 1.165) is 37.1 Å². The molecule has 1 amide bonds. The first-order chi connectivity index (χ1) is 13.6. The minimum absolute atomic E-state index is 0.0831. The number of hydrogen-bond acceptors (Lipinski definition) is 5. The molecule has 7 heteroatoms. The number of methoxy groups -OCH3 is 1. The summed E-state index contributed by atoms with van der Waals surface area (Å²) in [6, 6.07) is 5.51. The van der Waals surface area contributed by atoms with Crippen molar-refractivity contribution in [3.05, 3.63) is 53.6 Å². The molecule has 2 aromatic rings. The predicted octanol–water partition coefficient (Wildman–Crippen LogP) is 3.06. The van der Waals surface area contributed by atoms with Crippen LogP contribution in [0.4, 0.5) is 5.69 Å². The van der Waals surface area contributed by atoms with Crippen LogP contribution in [0.25, 0.3) is 11.1 Å². The Bertz CT molecular complexity index is 842. The van der Waals surface area contributed by atoms with Crippen molar-refractivity contribution in [1.82, 2.24) is 14.9 Å². The average molecular weight is 384 g/mol. The molecule has 0 unspecified atom stereocenters. The van der Waals surface area contributed by atoms with Gasteiger partial charge in [-0.2, -0.15) is 0 Å². The van der Waals surface area contributed by atoms with E-state index in [-0.39, 0.29) is 11.5 Å². The smallest absolute Gasteiger partial charge is 0.271 e. The van der Waals surface area contributed by atoms with E-state index in [1.807, 2.05) is 30.0 Å². The van der Waals surface area contributed by atoms with Crippen LogP contribution in [-0.4, -0.2) is 47.5 Å². The van der Waals surface area contributed by atoms with Gasteiger partial charge in [0.1, 0.15) is 5.69 Å². The molecule has 3 rings (SSSR count). The zero-order chi connectivity index (χ0) is 20.4. The first kappa shape index (κ1) is 21.2. The summed E-state index contributed by atoms with van der Waals surface area (Å²) in [6.45, 7) is 7.93. The molecule has 0 aliphatic carbocycles. The fraction of sp³-hybridized carbons (Fsp3) is 0.381. The molecule has 150 valence electrons. The van der Waals surface area contributed by atoms with Crippen LogP contribution >= 0.6 is 0 Å². The highest BCUT2D eigenvalue weighted by Gasteiger charge is 2.12. The second-order valence-corrected chi connectivity index (χ2v) is 6.34. The molecular weight excluding hydrogens is 356 g/mol. The number of ether oxygens (including phenoxy) is 1. The SMILES string of the molecule is C=CC(=O)N1CCCCC1.CCNc1cc(-c2ccnc(OC)c2)c[nH]c1=O. The van der Waals surface area contributed by atoms with Crippen LogP contribution in [0.3, 0.4) is 0 Å². The molecular formula is C21H28N4O3. The molecule has 7 nitrogen and oxygen atoms in total. The minimum atomic E-state index is -0.123. The second-order valence-electron chi connectivity index (χ2n) is 6.34. The van der Waals surface area contributed by atoms with Crippen molar-refractivity contribution in [2.24, 2.45) is 0 Å². The molecule has 0 saturated carbocycles. The average Bonchev–Trinajstić information content (AvgIpc) is 2.76. The van der Waals surface area contributed by atoms with Crippen LogP contribution in [-0.2, 0) is 4.79 Å². The van der Waals surface area contributed by atoms with Gasteiger partial charge in [-0.15, -0.1) is 0 Å². The Hall–Kier alpha value is -3.09. The van der Waals surface area contributed by atoms with E-state index in [1.54, 1.807) is 19.5 Å². The van der Waals surface area contributed by atoms with Gasteiger partial charge in [0.2, 0.25) is 11.8 Å². The lowest BCUT2D eigenvalue weighted by molar-refractivity contribution is -0.126. The van der Waals surface area contributed by atoms with Gasteiger partial charge in [0.25, 0.3) is 5.56 Å². The lowest BCUT2D eigenvalue weighted by atomic mass is 10.1. The van der Waals surface area contributed by atoms with Gasteiger partial charge >= 0.3 is 0 Å². The van der Waals surface area contributed by atoms with E-state index in [0.29, 0.717) is 18.1 Å². The van der Waals surface area contributed by atoms with E-state index in [9.17, 15) is 9.59 Å². The maximum atomic E-state index is 11.6. The number of carbonyl (C=O) groups is 1. The number of piperidine rings is 1. The number of H-pyrrole nitrogens is 1. The van der Waals surface area contributed by atoms with Crippen molar-refractivity contribution in [2.45, 2.75) is 26.2 Å². The molecule has 0 bridgehead atoms. The summed E-state index contributed by atoms with van der Waals surface area (Å²) in [5.41, 5.74) is 2.29. The quantitative estimate of drug-likeness (QED) is 0.774. The third-order valence-corrected chi connectivity index (χ3v) is 4.39. The summed E-state index contributed by atoms with van der Waals surface area (Å²) in [7, 11) is 1.57. The highest BCUT2D eigenvalue weighted by atomic mass is 16.5. The first-order valence-corrected chi connectivity index (χ1v) is 9.47. The molecule has 0 radical (unpaired) electrons. The van der Waals surface area contributed by atoms with Gasteiger partial charge < -0.3 is 19.9 Å². The number of rotatable bonds is 5. The minimum Gasteiger partial charge on any atom is -0.481 e. The number of nitrogens with one attached hydrogen (secondary N) is 2. The molecule has 0 aromatic carbocycles. The number of anilines is 1. The van der Waals surface area contributed by atoms with Crippen molar-refractivity contribution in [1.29, 1.82) is 0 Å². The predicted molar refractivity (Wildman–Crippen MR) is 112 cm³/mol. The molecule has 2 N–H and O–H groups in total. The van der Waals surface area contributed by atoms with Gasteiger partial charge in [0.05, 0.1) is 7.11 Å². The fourth-order valence-corrected chi connectivity index (χ4v) is 2.92. The van der Waals surface area contributed by atoms with Crippen molar-refractivity contribution in [3.8, 4) is 17.0 Å². The van der Waals surface area contributed by atoms with Crippen molar-refractivity contribution >= 4 is 11.6 Å². The van der Waals surface area contributed by atoms with Gasteiger partial charge in [-0.05, 0) is 50.0 Å². The maximum Gasteiger partial charge on any atom is 0.271 e. The van der Waals surface area contributed by atoms with Gasteiger partial charge in [-0.1, -0.05) is 6.58 Å². The third kappa shape index (κ3) is 5.97. The van der Waals surface area contributed by atoms with Crippen LogP contribution in [0.1, 0.15) is 26.2 Å². The fourth-order valence-electron chi connectivity index (χ4n) is 2.92. The summed E-state index contributed by atoms with van der Waals surface area (Å²) < 4.78 is 5.08. The molecule has 1 saturated heterocycles. The molecule has 2 aromatic heterocycles. The number of hydrogen-bond donors (Lipinski definition) is 2. The summed E-state index contributed by atoms with van der Waals surface area (Å²) in [4.78, 5) is 31.2.